The van der Waals surface area contributed by atoms with E-state index in [0.717, 1.165) is 11.6 Å². The summed E-state index contributed by atoms with van der Waals surface area (Å²) in [6.07, 6.45) is 1.68. The number of benzene rings is 1. The Morgan fingerprint density at radius 1 is 1.14 bits per heavy atom. The molecule has 160 valence electrons. The first-order valence-electron chi connectivity index (χ1n) is 9.40. The third-order valence-corrected chi connectivity index (χ3v) is 3.87. The fourth-order valence-electron chi connectivity index (χ4n) is 2.41. The van der Waals surface area contributed by atoms with Crippen LogP contribution in [0.4, 0.5) is 9.59 Å². The number of allylic oxidation sites excluding steroid dienone is 1. The van der Waals surface area contributed by atoms with Gasteiger partial charge in [-0.25, -0.2) is 14.4 Å². The lowest BCUT2D eigenvalue weighted by Gasteiger charge is -2.26. The number of carboxylic acid groups (broad SMARTS) is 1. The van der Waals surface area contributed by atoms with Crippen LogP contribution in [0, 0.1) is 5.92 Å². The number of amides is 2. The minimum absolute atomic E-state index is 0.141. The maximum Gasteiger partial charge on any atom is 0.407 e. The van der Waals surface area contributed by atoms with E-state index in [1.165, 1.54) is 6.08 Å². The lowest BCUT2D eigenvalue weighted by Crippen LogP contribution is -2.44. The maximum absolute atomic E-state index is 12.0. The van der Waals surface area contributed by atoms with Crippen molar-refractivity contribution in [3.63, 3.8) is 0 Å². The van der Waals surface area contributed by atoms with Gasteiger partial charge < -0.3 is 25.2 Å². The summed E-state index contributed by atoms with van der Waals surface area (Å²) in [6.45, 7) is 7.37. The molecule has 0 aliphatic rings. The number of rotatable bonds is 9. The van der Waals surface area contributed by atoms with Gasteiger partial charge in [0, 0.05) is 18.7 Å². The molecule has 0 aliphatic heterocycles. The summed E-state index contributed by atoms with van der Waals surface area (Å²) in [5.74, 6) is -1.32. The Balaban J connectivity index is 2.59. The van der Waals surface area contributed by atoms with Crippen molar-refractivity contribution < 1.29 is 29.0 Å². The van der Waals surface area contributed by atoms with E-state index < -0.39 is 23.8 Å². The number of carbonyl (C=O) groups is 3. The molecule has 2 atom stereocenters. The predicted molar refractivity (Wildman–Crippen MR) is 108 cm³/mol. The first-order valence-corrected chi connectivity index (χ1v) is 9.40. The molecule has 0 aromatic heterocycles. The van der Waals surface area contributed by atoms with Crippen molar-refractivity contribution in [3.8, 4) is 0 Å². The highest BCUT2D eigenvalue weighted by molar-refractivity contribution is 5.79. The van der Waals surface area contributed by atoms with Crippen molar-refractivity contribution in [3.05, 3.63) is 48.0 Å². The molecule has 0 spiro atoms. The molecule has 1 aromatic rings. The largest absolute Gasteiger partial charge is 0.478 e. The summed E-state index contributed by atoms with van der Waals surface area (Å²) < 4.78 is 10.4. The molecule has 1 rings (SSSR count). The average Bonchev–Trinajstić information content (AvgIpc) is 2.61. The van der Waals surface area contributed by atoms with Crippen LogP contribution in [0.3, 0.4) is 0 Å². The van der Waals surface area contributed by atoms with Gasteiger partial charge in [-0.15, -0.1) is 0 Å². The zero-order valence-corrected chi connectivity index (χ0v) is 17.3. The van der Waals surface area contributed by atoms with Gasteiger partial charge in [-0.2, -0.15) is 0 Å². The molecule has 0 fully saturated rings. The molecule has 1 aromatic carbocycles. The lowest BCUT2D eigenvalue weighted by atomic mass is 9.97. The molecule has 2 unspecified atom stereocenters. The first-order chi connectivity index (χ1) is 13.6. The van der Waals surface area contributed by atoms with Gasteiger partial charge in [0.25, 0.3) is 0 Å². The number of ether oxygens (including phenoxy) is 2. The second kappa shape index (κ2) is 11.7. The number of hydrogen-bond acceptors (Lipinski definition) is 5. The molecule has 8 heteroatoms. The van der Waals surface area contributed by atoms with Crippen LogP contribution >= 0.6 is 0 Å². The number of nitrogens with one attached hydrogen (secondary N) is 2. The van der Waals surface area contributed by atoms with E-state index in [2.05, 4.69) is 10.6 Å². The first kappa shape index (κ1) is 24.0. The molecule has 0 saturated carbocycles. The van der Waals surface area contributed by atoms with Gasteiger partial charge in [-0.1, -0.05) is 36.4 Å². The molecular weight excluding hydrogens is 376 g/mol. The van der Waals surface area contributed by atoms with Crippen LogP contribution in [0.25, 0.3) is 0 Å². The molecule has 8 nitrogen and oxygen atoms in total. The average molecular weight is 406 g/mol. The van der Waals surface area contributed by atoms with Crippen LogP contribution in [0.2, 0.25) is 0 Å². The zero-order chi connectivity index (χ0) is 21.9. The topological polar surface area (TPSA) is 114 Å². The highest BCUT2D eigenvalue weighted by Crippen LogP contribution is 2.12. The van der Waals surface area contributed by atoms with Crippen molar-refractivity contribution in [2.75, 3.05) is 6.54 Å². The Hall–Kier alpha value is -3.03. The summed E-state index contributed by atoms with van der Waals surface area (Å²) in [7, 11) is 0. The Kier molecular flexibility index (Phi) is 9.71. The van der Waals surface area contributed by atoms with E-state index in [1.54, 1.807) is 27.7 Å². The van der Waals surface area contributed by atoms with E-state index in [-0.39, 0.29) is 25.1 Å². The Morgan fingerprint density at radius 2 is 1.79 bits per heavy atom. The Labute approximate surface area is 171 Å². The van der Waals surface area contributed by atoms with E-state index in [4.69, 9.17) is 14.6 Å². The fourth-order valence-corrected chi connectivity index (χ4v) is 2.41. The molecule has 0 bridgehead atoms. The van der Waals surface area contributed by atoms with Gasteiger partial charge in [-0.05, 0) is 45.6 Å². The molecule has 29 heavy (non-hydrogen) atoms. The highest BCUT2D eigenvalue weighted by atomic mass is 16.6. The summed E-state index contributed by atoms with van der Waals surface area (Å²) in [5, 5.41) is 14.1. The molecule has 2 amide bonds. The van der Waals surface area contributed by atoms with E-state index in [9.17, 15) is 14.4 Å². The minimum Gasteiger partial charge on any atom is -0.478 e. The van der Waals surface area contributed by atoms with Gasteiger partial charge in [0.1, 0.15) is 12.2 Å². The van der Waals surface area contributed by atoms with Gasteiger partial charge in [0.2, 0.25) is 0 Å². The second-order valence-corrected chi connectivity index (χ2v) is 7.61. The third-order valence-electron chi connectivity index (χ3n) is 3.87. The van der Waals surface area contributed by atoms with Crippen molar-refractivity contribution in [2.45, 2.75) is 52.4 Å². The van der Waals surface area contributed by atoms with Crippen LogP contribution in [-0.4, -0.2) is 41.4 Å². The number of aliphatic carboxylic acids is 1. The Morgan fingerprint density at radius 3 is 2.38 bits per heavy atom. The SMILES string of the molecule is CC(NC(=O)OC(C)(C)C)C(C/C=C/C(=O)O)CNC(=O)OCc1ccccc1. The summed E-state index contributed by atoms with van der Waals surface area (Å²) in [5.41, 5.74) is 0.227. The molecule has 0 heterocycles. The van der Waals surface area contributed by atoms with E-state index >= 15 is 0 Å². The van der Waals surface area contributed by atoms with Gasteiger partial charge in [-0.3, -0.25) is 0 Å². The molecule has 0 radical (unpaired) electrons. The van der Waals surface area contributed by atoms with Crippen molar-refractivity contribution in [1.29, 1.82) is 0 Å². The fraction of sp³-hybridized carbons (Fsp3) is 0.476. The summed E-state index contributed by atoms with van der Waals surface area (Å²) in [6, 6.07) is 8.89. The van der Waals surface area contributed by atoms with Gasteiger partial charge >= 0.3 is 18.2 Å². The second-order valence-electron chi connectivity index (χ2n) is 7.61. The van der Waals surface area contributed by atoms with Crippen LogP contribution < -0.4 is 10.6 Å². The quantitative estimate of drug-likeness (QED) is 0.541. The van der Waals surface area contributed by atoms with Crippen molar-refractivity contribution in [2.24, 2.45) is 5.92 Å². The summed E-state index contributed by atoms with van der Waals surface area (Å²) >= 11 is 0. The van der Waals surface area contributed by atoms with Crippen molar-refractivity contribution in [1.82, 2.24) is 10.6 Å². The van der Waals surface area contributed by atoms with E-state index in [0.29, 0.717) is 6.42 Å². The molecule has 0 aliphatic carbocycles. The number of hydrogen-bond donors (Lipinski definition) is 3. The van der Waals surface area contributed by atoms with Crippen LogP contribution in [0.5, 0.6) is 0 Å². The summed E-state index contributed by atoms with van der Waals surface area (Å²) in [4.78, 5) is 34.7. The number of carbonyl (C=O) groups excluding carboxylic acids is 2. The maximum atomic E-state index is 12.0. The monoisotopic (exact) mass is 406 g/mol. The van der Waals surface area contributed by atoms with Crippen molar-refractivity contribution >= 4 is 18.2 Å². The third kappa shape index (κ3) is 11.4. The van der Waals surface area contributed by atoms with Crippen LogP contribution in [-0.2, 0) is 20.9 Å². The molecule has 3 N–H and O–H groups in total. The number of carboxylic acids is 1. The van der Waals surface area contributed by atoms with Gasteiger partial charge in [0.15, 0.2) is 0 Å². The smallest absolute Gasteiger partial charge is 0.407 e. The Bertz CT molecular complexity index is 697. The van der Waals surface area contributed by atoms with Gasteiger partial charge in [0.05, 0.1) is 0 Å². The number of alkyl carbamates (subject to hydrolysis) is 2. The van der Waals surface area contributed by atoms with E-state index in [1.807, 2.05) is 30.3 Å². The van der Waals surface area contributed by atoms with Crippen LogP contribution in [0.1, 0.15) is 39.7 Å². The minimum atomic E-state index is -1.06. The normalized spacial score (nSPS) is 13.4. The molecule has 0 saturated heterocycles. The molecular formula is C21H30N2O6. The zero-order valence-electron chi connectivity index (χ0n) is 17.3. The standard InChI is InChI=1S/C21H30N2O6/c1-15(23-20(27)29-21(2,3)4)17(11-8-12-18(24)25)13-22-19(26)28-14-16-9-6-5-7-10-16/h5-10,12,15,17H,11,13-14H2,1-4H3,(H,22,26)(H,23,27)(H,24,25)/b12-8+. The lowest BCUT2D eigenvalue weighted by molar-refractivity contribution is -0.131. The predicted octanol–water partition coefficient (Wildman–Crippen LogP) is 3.47. The van der Waals surface area contributed by atoms with Crippen LogP contribution in [0.15, 0.2) is 42.5 Å². The highest BCUT2D eigenvalue weighted by Gasteiger charge is 2.23.